The highest BCUT2D eigenvalue weighted by atomic mass is 35.5. The van der Waals surface area contributed by atoms with E-state index in [0.717, 1.165) is 6.07 Å². The average Bonchev–Trinajstić information content (AvgIpc) is 2.38. The Morgan fingerprint density at radius 2 is 2.00 bits per heavy atom. The first-order chi connectivity index (χ1) is 8.57. The van der Waals surface area contributed by atoms with Gasteiger partial charge in [0, 0.05) is 12.8 Å². The van der Waals surface area contributed by atoms with Gasteiger partial charge in [-0.2, -0.15) is 5.26 Å². The van der Waals surface area contributed by atoms with Gasteiger partial charge < -0.3 is 5.32 Å². The van der Waals surface area contributed by atoms with Crippen LogP contribution in [-0.2, 0) is 0 Å². The van der Waals surface area contributed by atoms with Crippen molar-refractivity contribution in [3.8, 4) is 6.07 Å². The maximum atomic E-state index is 14.4. The Morgan fingerprint density at radius 1 is 1.37 bits per heavy atom. The molecular weight excluding hydrogens is 274 g/mol. The maximum absolute atomic E-state index is 14.4. The van der Waals surface area contributed by atoms with Crippen LogP contribution < -0.4 is 5.32 Å². The summed E-state index contributed by atoms with van der Waals surface area (Å²) in [5.41, 5.74) is -2.17. The molecule has 1 heterocycles. The molecule has 0 aromatic heterocycles. The summed E-state index contributed by atoms with van der Waals surface area (Å²) in [6, 6.07) is 5.22. The fourth-order valence-corrected chi connectivity index (χ4v) is 2.06. The second-order valence-corrected chi connectivity index (χ2v) is 4.35. The van der Waals surface area contributed by atoms with Crippen molar-refractivity contribution in [3.05, 3.63) is 35.1 Å². The molecule has 0 bridgehead atoms. The molecule has 2 rings (SSSR count). The summed E-state index contributed by atoms with van der Waals surface area (Å²) in [7, 11) is 0. The summed E-state index contributed by atoms with van der Waals surface area (Å²) in [5, 5.41) is 11.6. The van der Waals surface area contributed by atoms with Crippen LogP contribution in [-0.4, -0.2) is 24.5 Å². The van der Waals surface area contributed by atoms with Gasteiger partial charge in [0.25, 0.3) is 0 Å². The highest BCUT2D eigenvalue weighted by Gasteiger charge is 2.41. The molecule has 0 radical (unpaired) electrons. The smallest absolute Gasteiger partial charge is 0.203 e. The standard InChI is InChI=1S/C13H12F2N2O.ClH/c14-11-7-9(8-16)1-2-10(11)12(18)13(15)3-5-17-6-4-13;/h1-2,7,17H,3-6H2;1H. The zero-order valence-corrected chi connectivity index (χ0v) is 10.9. The Hall–Kier alpha value is -1.51. The van der Waals surface area contributed by atoms with Crippen molar-refractivity contribution in [3.63, 3.8) is 0 Å². The number of Topliss-reactive ketones (excluding diaryl/α,β-unsaturated/α-hetero) is 1. The number of rotatable bonds is 2. The van der Waals surface area contributed by atoms with E-state index in [1.165, 1.54) is 12.1 Å². The van der Waals surface area contributed by atoms with Gasteiger partial charge in [-0.05, 0) is 31.3 Å². The summed E-state index contributed by atoms with van der Waals surface area (Å²) < 4.78 is 28.1. The van der Waals surface area contributed by atoms with Crippen LogP contribution in [0.15, 0.2) is 18.2 Å². The number of benzene rings is 1. The molecule has 102 valence electrons. The first-order valence-electron chi connectivity index (χ1n) is 5.71. The van der Waals surface area contributed by atoms with E-state index in [2.05, 4.69) is 5.32 Å². The zero-order chi connectivity index (χ0) is 13.2. The Bertz CT molecular complexity index is 522. The zero-order valence-electron chi connectivity index (χ0n) is 10.1. The van der Waals surface area contributed by atoms with Gasteiger partial charge >= 0.3 is 0 Å². The summed E-state index contributed by atoms with van der Waals surface area (Å²) in [4.78, 5) is 12.0. The molecular formula is C13H13ClF2N2O. The van der Waals surface area contributed by atoms with Gasteiger partial charge in [-0.25, -0.2) is 8.78 Å². The molecule has 0 atom stereocenters. The summed E-state index contributed by atoms with van der Waals surface area (Å²) >= 11 is 0. The number of nitrogens with one attached hydrogen (secondary N) is 1. The molecule has 1 aromatic rings. The highest BCUT2D eigenvalue weighted by Crippen LogP contribution is 2.29. The number of hydrogen-bond donors (Lipinski definition) is 1. The number of carbonyl (C=O) groups is 1. The molecule has 19 heavy (non-hydrogen) atoms. The maximum Gasteiger partial charge on any atom is 0.203 e. The molecule has 1 aliphatic rings. The SMILES string of the molecule is Cl.N#Cc1ccc(C(=O)C2(F)CCNCC2)c(F)c1. The van der Waals surface area contributed by atoms with Crippen molar-refractivity contribution in [2.24, 2.45) is 0 Å². The van der Waals surface area contributed by atoms with Crippen molar-refractivity contribution in [1.82, 2.24) is 5.32 Å². The third kappa shape index (κ3) is 3.09. The molecule has 0 saturated carbocycles. The number of nitrogens with zero attached hydrogens (tertiary/aromatic N) is 1. The van der Waals surface area contributed by atoms with Gasteiger partial charge in [-0.15, -0.1) is 12.4 Å². The number of alkyl halides is 1. The Morgan fingerprint density at radius 3 is 2.53 bits per heavy atom. The fraction of sp³-hybridized carbons (Fsp3) is 0.385. The quantitative estimate of drug-likeness (QED) is 0.850. The van der Waals surface area contributed by atoms with Crippen LogP contribution in [0.3, 0.4) is 0 Å². The van der Waals surface area contributed by atoms with E-state index >= 15 is 0 Å². The van der Waals surface area contributed by atoms with Gasteiger partial charge in [-0.3, -0.25) is 4.79 Å². The van der Waals surface area contributed by atoms with Crippen LogP contribution in [0, 0.1) is 17.1 Å². The second-order valence-electron chi connectivity index (χ2n) is 4.35. The first kappa shape index (κ1) is 15.5. The number of ketones is 1. The van der Waals surface area contributed by atoms with Crippen LogP contribution in [0.4, 0.5) is 8.78 Å². The number of hydrogen-bond acceptors (Lipinski definition) is 3. The van der Waals surface area contributed by atoms with E-state index in [1.807, 2.05) is 0 Å². The topological polar surface area (TPSA) is 52.9 Å². The fourth-order valence-electron chi connectivity index (χ4n) is 2.06. The van der Waals surface area contributed by atoms with Gasteiger partial charge in [0.05, 0.1) is 17.2 Å². The van der Waals surface area contributed by atoms with E-state index < -0.39 is 17.3 Å². The second kappa shape index (κ2) is 6.09. The number of nitriles is 1. The molecule has 0 amide bonds. The third-order valence-corrected chi connectivity index (χ3v) is 3.15. The molecule has 1 aliphatic heterocycles. The van der Waals surface area contributed by atoms with Gasteiger partial charge in [-0.1, -0.05) is 0 Å². The van der Waals surface area contributed by atoms with Gasteiger partial charge in [0.1, 0.15) is 5.82 Å². The van der Waals surface area contributed by atoms with Gasteiger partial charge in [0.2, 0.25) is 5.78 Å². The predicted molar refractivity (Wildman–Crippen MR) is 68.6 cm³/mol. The molecule has 6 heteroatoms. The molecule has 3 nitrogen and oxygen atoms in total. The third-order valence-electron chi connectivity index (χ3n) is 3.15. The van der Waals surface area contributed by atoms with Gasteiger partial charge in [0.15, 0.2) is 5.67 Å². The number of piperidine rings is 1. The van der Waals surface area contributed by atoms with Crippen LogP contribution in [0.25, 0.3) is 0 Å². The molecule has 1 fully saturated rings. The average molecular weight is 287 g/mol. The Balaban J connectivity index is 0.00000180. The number of carbonyl (C=O) groups excluding carboxylic acids is 1. The lowest BCUT2D eigenvalue weighted by molar-refractivity contribution is 0.0587. The van der Waals surface area contributed by atoms with E-state index in [4.69, 9.17) is 5.26 Å². The Kier molecular flexibility index (Phi) is 4.98. The van der Waals surface area contributed by atoms with Crippen LogP contribution in [0.2, 0.25) is 0 Å². The molecule has 1 aromatic carbocycles. The summed E-state index contributed by atoms with van der Waals surface area (Å²) in [5.74, 6) is -1.67. The monoisotopic (exact) mass is 286 g/mol. The van der Waals surface area contributed by atoms with E-state index in [-0.39, 0.29) is 36.4 Å². The highest BCUT2D eigenvalue weighted by molar-refractivity contribution is 6.02. The van der Waals surface area contributed by atoms with E-state index in [9.17, 15) is 13.6 Å². The summed E-state index contributed by atoms with van der Waals surface area (Å²) in [6.07, 6.45) is 0.0938. The largest absolute Gasteiger partial charge is 0.316 e. The van der Waals surface area contributed by atoms with Crippen molar-refractivity contribution < 1.29 is 13.6 Å². The lowest BCUT2D eigenvalue weighted by Gasteiger charge is -2.28. The minimum absolute atomic E-state index is 0. The number of halogens is 3. The van der Waals surface area contributed by atoms with Crippen molar-refractivity contribution >= 4 is 18.2 Å². The molecule has 0 aliphatic carbocycles. The molecule has 1 N–H and O–H groups in total. The minimum Gasteiger partial charge on any atom is -0.316 e. The van der Waals surface area contributed by atoms with Crippen molar-refractivity contribution in [2.75, 3.05) is 13.1 Å². The Labute approximate surface area is 116 Å². The molecule has 1 saturated heterocycles. The van der Waals surface area contributed by atoms with E-state index in [0.29, 0.717) is 13.1 Å². The summed E-state index contributed by atoms with van der Waals surface area (Å²) in [6.45, 7) is 0.806. The lowest BCUT2D eigenvalue weighted by Crippen LogP contribution is -2.44. The van der Waals surface area contributed by atoms with Crippen LogP contribution >= 0.6 is 12.4 Å². The van der Waals surface area contributed by atoms with Crippen molar-refractivity contribution in [1.29, 1.82) is 5.26 Å². The predicted octanol–water partition coefficient (Wildman–Crippen LogP) is 2.39. The van der Waals surface area contributed by atoms with Crippen LogP contribution in [0.5, 0.6) is 0 Å². The lowest BCUT2D eigenvalue weighted by atomic mass is 9.86. The van der Waals surface area contributed by atoms with Crippen LogP contribution in [0.1, 0.15) is 28.8 Å². The van der Waals surface area contributed by atoms with Crippen molar-refractivity contribution in [2.45, 2.75) is 18.5 Å². The van der Waals surface area contributed by atoms with E-state index in [1.54, 1.807) is 6.07 Å². The molecule has 0 spiro atoms. The first-order valence-corrected chi connectivity index (χ1v) is 5.71. The minimum atomic E-state index is -2.00. The normalized spacial score (nSPS) is 17.1. The molecule has 0 unspecified atom stereocenters.